The van der Waals surface area contributed by atoms with Crippen LogP contribution in [0.15, 0.2) is 42.5 Å². The molecule has 1 aromatic heterocycles. The van der Waals surface area contributed by atoms with Gasteiger partial charge in [-0.05, 0) is 62.3 Å². The Morgan fingerprint density at radius 1 is 1.24 bits per heavy atom. The number of benzene rings is 2. The Morgan fingerprint density at radius 2 is 1.97 bits per heavy atom. The van der Waals surface area contributed by atoms with Gasteiger partial charge in [0.05, 0.1) is 11.1 Å². The number of alkyl halides is 3. The molecule has 1 aliphatic rings. The predicted octanol–water partition coefficient (Wildman–Crippen LogP) is 4.00. The first kappa shape index (κ1) is 22.9. The Bertz CT molecular complexity index is 1140. The van der Waals surface area contributed by atoms with Crippen molar-refractivity contribution in [3.63, 3.8) is 0 Å². The Balaban J connectivity index is 1.40. The zero-order valence-corrected chi connectivity index (χ0v) is 18.4. The zero-order chi connectivity index (χ0) is 23.8. The molecule has 176 valence electrons. The summed E-state index contributed by atoms with van der Waals surface area (Å²) in [7, 11) is 3.96. The maximum atomic E-state index is 12.7. The second-order valence-electron chi connectivity index (χ2n) is 8.49. The summed E-state index contributed by atoms with van der Waals surface area (Å²) in [5, 5.41) is 13.4. The largest absolute Gasteiger partial charge is 0.425 e. The van der Waals surface area contributed by atoms with Gasteiger partial charge in [0.2, 0.25) is 11.9 Å². The number of imidazole rings is 1. The molecule has 1 atom stereocenters. The Hall–Kier alpha value is -3.27. The molecule has 1 aliphatic heterocycles. The summed E-state index contributed by atoms with van der Waals surface area (Å²) in [6, 6.07) is 10.1. The highest BCUT2D eigenvalue weighted by Gasteiger charge is 2.30. The quantitative estimate of drug-likeness (QED) is 0.543. The van der Waals surface area contributed by atoms with Crippen molar-refractivity contribution in [2.45, 2.75) is 31.5 Å². The van der Waals surface area contributed by atoms with E-state index in [4.69, 9.17) is 0 Å². The molecule has 0 spiro atoms. The van der Waals surface area contributed by atoms with Crippen LogP contribution in [0.2, 0.25) is 0 Å². The molecule has 0 aliphatic carbocycles. The molecule has 7 nitrogen and oxygen atoms in total. The lowest BCUT2D eigenvalue weighted by atomic mass is 10.1. The van der Waals surface area contributed by atoms with Gasteiger partial charge in [0.15, 0.2) is 0 Å². The van der Waals surface area contributed by atoms with E-state index in [1.54, 1.807) is 18.2 Å². The summed E-state index contributed by atoms with van der Waals surface area (Å²) in [5.41, 5.74) is 1.56. The van der Waals surface area contributed by atoms with Crippen LogP contribution >= 0.6 is 0 Å². The van der Waals surface area contributed by atoms with Crippen LogP contribution in [-0.4, -0.2) is 59.0 Å². The van der Waals surface area contributed by atoms with E-state index in [1.165, 1.54) is 12.1 Å². The lowest BCUT2D eigenvalue weighted by molar-refractivity contribution is -0.137. The summed E-state index contributed by atoms with van der Waals surface area (Å²) in [6.07, 6.45) is -2.95. The lowest BCUT2D eigenvalue weighted by Gasteiger charge is -2.24. The monoisotopic (exact) mass is 461 g/mol. The molecule has 0 saturated carbocycles. The standard InChI is InChI=1S/C23H26F3N5O2/c1-29-12-11-18(14-29)30(2)22-28-19-13-17(8-9-20(19)31(22)33)27-21(32)10-5-15-3-6-16(7-4-15)23(24,25)26/h3-4,6-9,13,18,33H,5,10-12,14H2,1-2H3,(H,27,32). The number of carbonyl (C=O) groups excluding carboxylic acids is 1. The molecule has 10 heteroatoms. The van der Waals surface area contributed by atoms with Crippen LogP contribution in [0.25, 0.3) is 11.0 Å². The van der Waals surface area contributed by atoms with E-state index in [1.807, 2.05) is 11.9 Å². The fourth-order valence-corrected chi connectivity index (χ4v) is 4.09. The summed E-state index contributed by atoms with van der Waals surface area (Å²) in [6.45, 7) is 1.88. The van der Waals surface area contributed by atoms with Crippen LogP contribution in [-0.2, 0) is 17.4 Å². The third kappa shape index (κ3) is 5.05. The summed E-state index contributed by atoms with van der Waals surface area (Å²) in [4.78, 5) is 21.1. The van der Waals surface area contributed by atoms with Crippen LogP contribution in [0.5, 0.6) is 0 Å². The first-order valence-electron chi connectivity index (χ1n) is 10.7. The number of carbonyl (C=O) groups is 1. The van der Waals surface area contributed by atoms with Crippen molar-refractivity contribution in [2.24, 2.45) is 0 Å². The number of fused-ring (bicyclic) bond motifs is 1. The fourth-order valence-electron chi connectivity index (χ4n) is 4.09. The number of hydrogen-bond acceptors (Lipinski definition) is 5. The number of nitrogens with zero attached hydrogens (tertiary/aromatic N) is 4. The van der Waals surface area contributed by atoms with E-state index >= 15 is 0 Å². The van der Waals surface area contributed by atoms with Crippen molar-refractivity contribution < 1.29 is 23.2 Å². The molecule has 1 amide bonds. The molecular weight excluding hydrogens is 435 g/mol. The molecule has 4 rings (SSSR count). The van der Waals surface area contributed by atoms with E-state index in [0.717, 1.165) is 36.4 Å². The Morgan fingerprint density at radius 3 is 2.61 bits per heavy atom. The van der Waals surface area contributed by atoms with E-state index in [9.17, 15) is 23.2 Å². The fraction of sp³-hybridized carbons (Fsp3) is 0.391. The number of amides is 1. The number of anilines is 2. The summed E-state index contributed by atoms with van der Waals surface area (Å²) in [5.74, 6) is 0.181. The van der Waals surface area contributed by atoms with Crippen LogP contribution < -0.4 is 10.2 Å². The van der Waals surface area contributed by atoms with Crippen molar-refractivity contribution in [3.8, 4) is 0 Å². The number of likely N-dealkylation sites (tertiary alicyclic amines) is 1. The number of halogens is 3. The molecule has 2 aromatic carbocycles. The smallest absolute Gasteiger partial charge is 0.416 e. The molecule has 0 radical (unpaired) electrons. The third-order valence-electron chi connectivity index (χ3n) is 6.05. The second kappa shape index (κ2) is 8.93. The van der Waals surface area contributed by atoms with Gasteiger partial charge in [0.1, 0.15) is 5.52 Å². The van der Waals surface area contributed by atoms with Gasteiger partial charge in [0, 0.05) is 31.7 Å². The average Bonchev–Trinajstić information content (AvgIpc) is 3.34. The molecule has 0 bridgehead atoms. The van der Waals surface area contributed by atoms with Crippen LogP contribution in [0.3, 0.4) is 0 Å². The minimum atomic E-state index is -4.38. The van der Waals surface area contributed by atoms with Crippen molar-refractivity contribution in [3.05, 3.63) is 53.6 Å². The third-order valence-corrected chi connectivity index (χ3v) is 6.05. The molecule has 3 aromatic rings. The summed E-state index contributed by atoms with van der Waals surface area (Å²) >= 11 is 0. The van der Waals surface area contributed by atoms with Gasteiger partial charge >= 0.3 is 6.18 Å². The summed E-state index contributed by atoms with van der Waals surface area (Å²) < 4.78 is 39.0. The van der Waals surface area contributed by atoms with Gasteiger partial charge in [-0.1, -0.05) is 12.1 Å². The zero-order valence-electron chi connectivity index (χ0n) is 18.4. The SMILES string of the molecule is CN1CCC(N(C)c2nc3cc(NC(=O)CCc4ccc(C(F)(F)F)cc4)ccc3n2O)C1. The first-order chi connectivity index (χ1) is 15.6. The van der Waals surface area contributed by atoms with Crippen molar-refractivity contribution in [1.82, 2.24) is 14.6 Å². The molecule has 1 unspecified atom stereocenters. The average molecular weight is 461 g/mol. The topological polar surface area (TPSA) is 73.6 Å². The van der Waals surface area contributed by atoms with Crippen LogP contribution in [0.4, 0.5) is 24.8 Å². The number of likely N-dealkylation sites (N-methyl/N-ethyl adjacent to an activating group) is 2. The minimum absolute atomic E-state index is 0.126. The van der Waals surface area contributed by atoms with Crippen LogP contribution in [0, 0.1) is 0 Å². The van der Waals surface area contributed by atoms with Crippen molar-refractivity contribution >= 4 is 28.6 Å². The molecule has 2 heterocycles. The number of hydrogen-bond donors (Lipinski definition) is 2. The number of aromatic nitrogens is 2. The van der Waals surface area contributed by atoms with E-state index in [2.05, 4.69) is 22.2 Å². The maximum Gasteiger partial charge on any atom is 0.416 e. The highest BCUT2D eigenvalue weighted by molar-refractivity contribution is 5.93. The van der Waals surface area contributed by atoms with Crippen LogP contribution in [0.1, 0.15) is 24.0 Å². The molecule has 33 heavy (non-hydrogen) atoms. The van der Waals surface area contributed by atoms with Crippen molar-refractivity contribution in [1.29, 1.82) is 0 Å². The lowest BCUT2D eigenvalue weighted by Crippen LogP contribution is -2.35. The molecular formula is C23H26F3N5O2. The van der Waals surface area contributed by atoms with E-state index < -0.39 is 11.7 Å². The highest BCUT2D eigenvalue weighted by atomic mass is 19.4. The molecule has 1 fully saturated rings. The predicted molar refractivity (Wildman–Crippen MR) is 120 cm³/mol. The first-order valence-corrected chi connectivity index (χ1v) is 10.7. The van der Waals surface area contributed by atoms with Gasteiger partial charge in [-0.2, -0.15) is 13.2 Å². The molecule has 1 saturated heterocycles. The van der Waals surface area contributed by atoms with Gasteiger partial charge in [0.25, 0.3) is 0 Å². The Labute approximate surface area is 189 Å². The number of aryl methyl sites for hydroxylation is 1. The Kier molecular flexibility index (Phi) is 6.20. The second-order valence-corrected chi connectivity index (χ2v) is 8.49. The molecule has 2 N–H and O–H groups in total. The van der Waals surface area contributed by atoms with Gasteiger partial charge in [-0.15, -0.1) is 4.73 Å². The highest BCUT2D eigenvalue weighted by Crippen LogP contribution is 2.29. The van der Waals surface area contributed by atoms with Gasteiger partial charge < -0.3 is 20.3 Å². The van der Waals surface area contributed by atoms with E-state index in [-0.39, 0.29) is 18.4 Å². The number of rotatable bonds is 6. The van der Waals surface area contributed by atoms with Crippen molar-refractivity contribution in [2.75, 3.05) is 37.4 Å². The van der Waals surface area contributed by atoms with E-state index in [0.29, 0.717) is 34.7 Å². The number of nitrogens with one attached hydrogen (secondary N) is 1. The minimum Gasteiger partial charge on any atom is -0.425 e. The van der Waals surface area contributed by atoms with Gasteiger partial charge in [-0.25, -0.2) is 4.98 Å². The maximum absolute atomic E-state index is 12.7. The van der Waals surface area contributed by atoms with Gasteiger partial charge in [-0.3, -0.25) is 4.79 Å². The normalized spacial score (nSPS) is 16.9.